The molecule has 0 saturated carbocycles. The zero-order chi connectivity index (χ0) is 18.3. The van der Waals surface area contributed by atoms with Gasteiger partial charge in [-0.05, 0) is 31.0 Å². The van der Waals surface area contributed by atoms with E-state index in [2.05, 4.69) is 14.9 Å². The Morgan fingerprint density at radius 1 is 1.24 bits per heavy atom. The number of ether oxygens (including phenoxy) is 1. The number of hydrogen-bond acceptors (Lipinski definition) is 5. The number of benzene rings is 1. The monoisotopic (exact) mass is 369 g/mol. The molecule has 0 aromatic heterocycles. The lowest BCUT2D eigenvalue weighted by molar-refractivity contribution is 0.0390. The van der Waals surface area contributed by atoms with E-state index in [0.29, 0.717) is 38.4 Å². The van der Waals surface area contributed by atoms with Crippen LogP contribution < -0.4 is 10.0 Å². The molecule has 1 aromatic carbocycles. The first-order chi connectivity index (χ1) is 11.9. The molecule has 0 aliphatic carbocycles. The van der Waals surface area contributed by atoms with Crippen molar-refractivity contribution in [1.82, 2.24) is 14.9 Å². The van der Waals surface area contributed by atoms with E-state index in [1.165, 1.54) is 12.1 Å². The molecule has 0 radical (unpaired) electrons. The molecule has 1 saturated heterocycles. The van der Waals surface area contributed by atoms with Gasteiger partial charge in [0.1, 0.15) is 0 Å². The lowest BCUT2D eigenvalue weighted by atomic mass is 10.1. The number of nitrogens with zero attached hydrogens (tertiary/aromatic N) is 1. The number of sulfonamides is 1. The van der Waals surface area contributed by atoms with Crippen molar-refractivity contribution in [3.63, 3.8) is 0 Å². The van der Waals surface area contributed by atoms with Gasteiger partial charge >= 0.3 is 0 Å². The molecular formula is C17H27N3O4S. The molecule has 0 bridgehead atoms. The molecule has 1 aromatic rings. The van der Waals surface area contributed by atoms with E-state index in [0.717, 1.165) is 25.1 Å². The van der Waals surface area contributed by atoms with Crippen LogP contribution in [0.25, 0.3) is 0 Å². The van der Waals surface area contributed by atoms with Gasteiger partial charge in [-0.1, -0.05) is 13.0 Å². The van der Waals surface area contributed by atoms with Gasteiger partial charge in [0.15, 0.2) is 0 Å². The van der Waals surface area contributed by atoms with Crippen LogP contribution in [-0.2, 0) is 14.8 Å². The molecule has 25 heavy (non-hydrogen) atoms. The summed E-state index contributed by atoms with van der Waals surface area (Å²) in [7, 11) is -3.64. The zero-order valence-electron chi connectivity index (χ0n) is 14.9. The largest absolute Gasteiger partial charge is 0.379 e. The molecule has 1 aliphatic rings. The summed E-state index contributed by atoms with van der Waals surface area (Å²) in [4.78, 5) is 14.4. The molecule has 1 fully saturated rings. The van der Waals surface area contributed by atoms with Crippen molar-refractivity contribution in [2.75, 3.05) is 45.9 Å². The first kappa shape index (κ1) is 19.8. The molecule has 0 spiro atoms. The molecule has 0 unspecified atom stereocenters. The molecule has 140 valence electrons. The van der Waals surface area contributed by atoms with E-state index in [9.17, 15) is 13.2 Å². The Labute approximate surface area is 149 Å². The standard InChI is InChI=1S/C17H27N3O4S/c1-3-6-18-17(21)16-13-15(5-4-14(16)2)25(22,23)19-7-8-20-9-11-24-12-10-20/h4-5,13,19H,3,6-12H2,1-2H3,(H,18,21). The smallest absolute Gasteiger partial charge is 0.251 e. The van der Waals surface area contributed by atoms with Crippen molar-refractivity contribution in [1.29, 1.82) is 0 Å². The van der Waals surface area contributed by atoms with Crippen LogP contribution in [0.2, 0.25) is 0 Å². The Hall–Kier alpha value is -1.48. The molecule has 2 N–H and O–H groups in total. The number of rotatable bonds is 8. The Morgan fingerprint density at radius 3 is 2.64 bits per heavy atom. The van der Waals surface area contributed by atoms with Crippen LogP contribution in [-0.4, -0.2) is 65.2 Å². The SMILES string of the molecule is CCCNC(=O)c1cc(S(=O)(=O)NCCN2CCOCC2)ccc1C. The van der Waals surface area contributed by atoms with Crippen molar-refractivity contribution in [2.45, 2.75) is 25.2 Å². The average molecular weight is 369 g/mol. The van der Waals surface area contributed by atoms with Crippen LogP contribution >= 0.6 is 0 Å². The predicted octanol–water partition coefficient (Wildman–Crippen LogP) is 0.745. The average Bonchev–Trinajstić information content (AvgIpc) is 2.60. The van der Waals surface area contributed by atoms with Gasteiger partial charge in [0.05, 0.1) is 18.1 Å². The zero-order valence-corrected chi connectivity index (χ0v) is 15.7. The summed E-state index contributed by atoms with van der Waals surface area (Å²) in [6.45, 7) is 8.28. The number of nitrogens with one attached hydrogen (secondary N) is 2. The van der Waals surface area contributed by atoms with Crippen molar-refractivity contribution in [3.05, 3.63) is 29.3 Å². The number of amides is 1. The second-order valence-electron chi connectivity index (χ2n) is 6.08. The van der Waals surface area contributed by atoms with Gasteiger partial charge in [-0.15, -0.1) is 0 Å². The van der Waals surface area contributed by atoms with Gasteiger partial charge in [-0.2, -0.15) is 0 Å². The maximum atomic E-state index is 12.5. The minimum Gasteiger partial charge on any atom is -0.379 e. The maximum absolute atomic E-state index is 12.5. The third-order valence-corrected chi connectivity index (χ3v) is 5.58. The number of carbonyl (C=O) groups is 1. The van der Waals surface area contributed by atoms with Crippen LogP contribution in [0, 0.1) is 6.92 Å². The molecule has 8 heteroatoms. The van der Waals surface area contributed by atoms with E-state index >= 15 is 0 Å². The molecule has 2 rings (SSSR count). The number of carbonyl (C=O) groups excluding carboxylic acids is 1. The van der Waals surface area contributed by atoms with Gasteiger partial charge < -0.3 is 10.1 Å². The first-order valence-corrected chi connectivity index (χ1v) is 10.1. The van der Waals surface area contributed by atoms with E-state index in [1.807, 2.05) is 6.92 Å². The van der Waals surface area contributed by atoms with Crippen LogP contribution in [0.3, 0.4) is 0 Å². The van der Waals surface area contributed by atoms with Crippen molar-refractivity contribution < 1.29 is 17.9 Å². The molecule has 1 heterocycles. The van der Waals surface area contributed by atoms with Gasteiger partial charge in [-0.25, -0.2) is 13.1 Å². The summed E-state index contributed by atoms with van der Waals surface area (Å²) >= 11 is 0. The van der Waals surface area contributed by atoms with E-state index in [1.54, 1.807) is 13.0 Å². The minimum absolute atomic E-state index is 0.113. The van der Waals surface area contributed by atoms with Crippen LogP contribution in [0.4, 0.5) is 0 Å². The lowest BCUT2D eigenvalue weighted by Gasteiger charge is -2.26. The second-order valence-corrected chi connectivity index (χ2v) is 7.85. The van der Waals surface area contributed by atoms with Gasteiger partial charge in [-0.3, -0.25) is 9.69 Å². The highest BCUT2D eigenvalue weighted by atomic mass is 32.2. The quantitative estimate of drug-likeness (QED) is 0.706. The predicted molar refractivity (Wildman–Crippen MR) is 96.3 cm³/mol. The minimum atomic E-state index is -3.64. The normalized spacial score (nSPS) is 15.9. The third-order valence-electron chi connectivity index (χ3n) is 4.12. The Morgan fingerprint density at radius 2 is 1.96 bits per heavy atom. The van der Waals surface area contributed by atoms with E-state index in [-0.39, 0.29) is 10.8 Å². The Balaban J connectivity index is 2.01. The van der Waals surface area contributed by atoms with Gasteiger partial charge in [0.25, 0.3) is 5.91 Å². The van der Waals surface area contributed by atoms with Crippen molar-refractivity contribution >= 4 is 15.9 Å². The summed E-state index contributed by atoms with van der Waals surface area (Å²) in [6.07, 6.45) is 0.825. The van der Waals surface area contributed by atoms with E-state index in [4.69, 9.17) is 4.74 Å². The van der Waals surface area contributed by atoms with Crippen LogP contribution in [0.15, 0.2) is 23.1 Å². The first-order valence-electron chi connectivity index (χ1n) is 8.62. The number of morpholine rings is 1. The Bertz CT molecular complexity index is 685. The fraction of sp³-hybridized carbons (Fsp3) is 0.588. The second kappa shape index (κ2) is 9.28. The lowest BCUT2D eigenvalue weighted by Crippen LogP contribution is -2.41. The highest BCUT2D eigenvalue weighted by Crippen LogP contribution is 2.15. The Kier molecular flexibility index (Phi) is 7.37. The highest BCUT2D eigenvalue weighted by Gasteiger charge is 2.18. The van der Waals surface area contributed by atoms with Gasteiger partial charge in [0.2, 0.25) is 10.0 Å². The van der Waals surface area contributed by atoms with Crippen LogP contribution in [0.5, 0.6) is 0 Å². The fourth-order valence-electron chi connectivity index (χ4n) is 2.59. The summed E-state index contributed by atoms with van der Waals surface area (Å²) in [5.41, 5.74) is 1.14. The summed E-state index contributed by atoms with van der Waals surface area (Å²) in [5, 5.41) is 2.78. The molecular weight excluding hydrogens is 342 g/mol. The maximum Gasteiger partial charge on any atom is 0.251 e. The van der Waals surface area contributed by atoms with Crippen molar-refractivity contribution in [3.8, 4) is 0 Å². The summed E-state index contributed by atoms with van der Waals surface area (Å²) in [5.74, 6) is -0.246. The van der Waals surface area contributed by atoms with E-state index < -0.39 is 10.0 Å². The molecule has 1 amide bonds. The molecule has 7 nitrogen and oxygen atoms in total. The molecule has 0 atom stereocenters. The van der Waals surface area contributed by atoms with Crippen LogP contribution in [0.1, 0.15) is 29.3 Å². The topological polar surface area (TPSA) is 87.7 Å². The van der Waals surface area contributed by atoms with Gasteiger partial charge in [0, 0.05) is 38.3 Å². The fourth-order valence-corrected chi connectivity index (χ4v) is 3.64. The highest BCUT2D eigenvalue weighted by molar-refractivity contribution is 7.89. The summed E-state index contributed by atoms with van der Waals surface area (Å²) < 4.78 is 32.9. The number of hydrogen-bond donors (Lipinski definition) is 2. The third kappa shape index (κ3) is 5.78. The number of aryl methyl sites for hydroxylation is 1. The van der Waals surface area contributed by atoms with Crippen molar-refractivity contribution in [2.24, 2.45) is 0 Å². The molecule has 1 aliphatic heterocycles. The summed E-state index contributed by atoms with van der Waals surface area (Å²) in [6, 6.07) is 4.64.